The zero-order chi connectivity index (χ0) is 15.3. The molecule has 122 valence electrons. The van der Waals surface area contributed by atoms with E-state index in [2.05, 4.69) is 10.2 Å². The minimum atomic E-state index is -4.15. The highest BCUT2D eigenvalue weighted by Crippen LogP contribution is 2.25. The number of nitrogens with one attached hydrogen (secondary N) is 1. The molecular weight excluding hydrogens is 285 g/mol. The molecular formula is C14H23F3N2O2. The Labute approximate surface area is 123 Å². The van der Waals surface area contributed by atoms with E-state index in [9.17, 15) is 18.0 Å². The van der Waals surface area contributed by atoms with E-state index in [1.807, 2.05) is 0 Å². The fourth-order valence-corrected chi connectivity index (χ4v) is 3.14. The zero-order valence-corrected chi connectivity index (χ0v) is 12.1. The summed E-state index contributed by atoms with van der Waals surface area (Å²) in [5, 5.41) is 2.65. The van der Waals surface area contributed by atoms with Gasteiger partial charge in [0.05, 0.1) is 6.04 Å². The monoisotopic (exact) mass is 308 g/mol. The SMILES string of the molecule is O=C(NCCCC(F)(F)F)C1CCCN1C1CCOCC1. The van der Waals surface area contributed by atoms with Crippen molar-refractivity contribution < 1.29 is 22.7 Å². The lowest BCUT2D eigenvalue weighted by Crippen LogP contribution is -2.49. The fourth-order valence-electron chi connectivity index (χ4n) is 3.14. The van der Waals surface area contributed by atoms with E-state index in [1.54, 1.807) is 0 Å². The van der Waals surface area contributed by atoms with E-state index in [1.165, 1.54) is 0 Å². The molecule has 2 fully saturated rings. The molecule has 0 spiro atoms. The summed E-state index contributed by atoms with van der Waals surface area (Å²) in [5.41, 5.74) is 0. The highest BCUT2D eigenvalue weighted by atomic mass is 19.4. The van der Waals surface area contributed by atoms with Crippen molar-refractivity contribution in [2.75, 3.05) is 26.3 Å². The van der Waals surface area contributed by atoms with Gasteiger partial charge >= 0.3 is 6.18 Å². The summed E-state index contributed by atoms with van der Waals surface area (Å²) < 4.78 is 41.5. The summed E-state index contributed by atoms with van der Waals surface area (Å²) in [6, 6.07) is 0.186. The van der Waals surface area contributed by atoms with Gasteiger partial charge in [-0.3, -0.25) is 9.69 Å². The maximum atomic E-state index is 12.2. The number of hydrogen-bond acceptors (Lipinski definition) is 3. The number of alkyl halides is 3. The molecule has 1 unspecified atom stereocenters. The predicted octanol–water partition coefficient (Wildman–Crippen LogP) is 2.09. The van der Waals surface area contributed by atoms with Crippen molar-refractivity contribution in [2.45, 2.75) is 56.8 Å². The third kappa shape index (κ3) is 5.14. The van der Waals surface area contributed by atoms with Gasteiger partial charge in [-0.05, 0) is 38.6 Å². The third-order valence-electron chi connectivity index (χ3n) is 4.19. The number of likely N-dealkylation sites (tertiary alicyclic amines) is 1. The van der Waals surface area contributed by atoms with Gasteiger partial charge in [-0.25, -0.2) is 0 Å². The largest absolute Gasteiger partial charge is 0.389 e. The highest BCUT2D eigenvalue weighted by Gasteiger charge is 2.35. The fraction of sp³-hybridized carbons (Fsp3) is 0.929. The van der Waals surface area contributed by atoms with E-state index in [0.717, 1.165) is 45.4 Å². The molecule has 7 heteroatoms. The smallest absolute Gasteiger partial charge is 0.381 e. The second-order valence-electron chi connectivity index (χ2n) is 5.75. The van der Waals surface area contributed by atoms with Crippen LogP contribution in [0.4, 0.5) is 13.2 Å². The lowest BCUT2D eigenvalue weighted by Gasteiger charge is -2.34. The van der Waals surface area contributed by atoms with Gasteiger partial charge in [0.25, 0.3) is 0 Å². The third-order valence-corrected chi connectivity index (χ3v) is 4.19. The van der Waals surface area contributed by atoms with Gasteiger partial charge in [0.15, 0.2) is 0 Å². The summed E-state index contributed by atoms with van der Waals surface area (Å²) in [6.45, 7) is 2.43. The van der Waals surface area contributed by atoms with Crippen LogP contribution in [0.2, 0.25) is 0 Å². The Morgan fingerprint density at radius 1 is 1.24 bits per heavy atom. The first-order chi connectivity index (χ1) is 9.97. The lowest BCUT2D eigenvalue weighted by molar-refractivity contribution is -0.136. The number of amides is 1. The molecule has 1 atom stereocenters. The maximum Gasteiger partial charge on any atom is 0.389 e. The molecule has 2 aliphatic heterocycles. The first-order valence-corrected chi connectivity index (χ1v) is 7.65. The zero-order valence-electron chi connectivity index (χ0n) is 12.1. The molecule has 0 aromatic carbocycles. The Kier molecular flexibility index (Phi) is 5.87. The van der Waals surface area contributed by atoms with E-state index in [0.29, 0.717) is 6.04 Å². The number of nitrogens with zero attached hydrogens (tertiary/aromatic N) is 1. The second kappa shape index (κ2) is 7.45. The lowest BCUT2D eigenvalue weighted by atomic mass is 10.1. The van der Waals surface area contributed by atoms with Gasteiger partial charge in [-0.15, -0.1) is 0 Å². The van der Waals surface area contributed by atoms with Crippen molar-refractivity contribution in [3.8, 4) is 0 Å². The molecule has 2 aliphatic rings. The topological polar surface area (TPSA) is 41.6 Å². The van der Waals surface area contributed by atoms with Gasteiger partial charge < -0.3 is 10.1 Å². The number of ether oxygens (including phenoxy) is 1. The molecule has 1 N–H and O–H groups in total. The summed E-state index contributed by atoms with van der Waals surface area (Å²) in [6.07, 6.45) is -1.43. The Bertz CT molecular complexity index is 344. The van der Waals surface area contributed by atoms with E-state index in [-0.39, 0.29) is 24.9 Å². The number of rotatable bonds is 5. The van der Waals surface area contributed by atoms with Crippen LogP contribution in [0.15, 0.2) is 0 Å². The minimum Gasteiger partial charge on any atom is -0.381 e. The number of halogens is 3. The van der Waals surface area contributed by atoms with Crippen LogP contribution >= 0.6 is 0 Å². The van der Waals surface area contributed by atoms with Crippen molar-refractivity contribution in [2.24, 2.45) is 0 Å². The van der Waals surface area contributed by atoms with Gasteiger partial charge in [-0.2, -0.15) is 13.2 Å². The molecule has 21 heavy (non-hydrogen) atoms. The van der Waals surface area contributed by atoms with Gasteiger partial charge in [-0.1, -0.05) is 0 Å². The molecule has 0 saturated carbocycles. The predicted molar refractivity (Wildman–Crippen MR) is 71.9 cm³/mol. The van der Waals surface area contributed by atoms with Crippen LogP contribution in [0.5, 0.6) is 0 Å². The Morgan fingerprint density at radius 2 is 1.95 bits per heavy atom. The van der Waals surface area contributed by atoms with Gasteiger partial charge in [0.2, 0.25) is 5.91 Å². The molecule has 4 nitrogen and oxygen atoms in total. The molecule has 2 rings (SSSR count). The van der Waals surface area contributed by atoms with Crippen LogP contribution in [-0.4, -0.2) is 55.4 Å². The first-order valence-electron chi connectivity index (χ1n) is 7.65. The van der Waals surface area contributed by atoms with Crippen molar-refractivity contribution in [3.05, 3.63) is 0 Å². The minimum absolute atomic E-state index is 0.0563. The molecule has 0 aromatic heterocycles. The van der Waals surface area contributed by atoms with Crippen LogP contribution in [0.25, 0.3) is 0 Å². The molecule has 0 aromatic rings. The summed E-state index contributed by atoms with van der Waals surface area (Å²) in [4.78, 5) is 14.4. The quantitative estimate of drug-likeness (QED) is 0.791. The van der Waals surface area contributed by atoms with E-state index in [4.69, 9.17) is 4.74 Å². The molecule has 1 amide bonds. The summed E-state index contributed by atoms with van der Waals surface area (Å²) >= 11 is 0. The maximum absolute atomic E-state index is 12.2. The normalized spacial score (nSPS) is 25.2. The molecule has 0 aliphatic carbocycles. The molecule has 0 bridgehead atoms. The average Bonchev–Trinajstić information content (AvgIpc) is 2.93. The van der Waals surface area contributed by atoms with Crippen LogP contribution in [0.1, 0.15) is 38.5 Å². The van der Waals surface area contributed by atoms with Crippen molar-refractivity contribution in [1.82, 2.24) is 10.2 Å². The van der Waals surface area contributed by atoms with E-state index < -0.39 is 12.6 Å². The average molecular weight is 308 g/mol. The van der Waals surface area contributed by atoms with Crippen molar-refractivity contribution >= 4 is 5.91 Å². The molecule has 2 heterocycles. The van der Waals surface area contributed by atoms with E-state index >= 15 is 0 Å². The van der Waals surface area contributed by atoms with Crippen LogP contribution in [0, 0.1) is 0 Å². The van der Waals surface area contributed by atoms with Gasteiger partial charge in [0, 0.05) is 32.2 Å². The Balaban J connectivity index is 1.75. The Hall–Kier alpha value is -0.820. The Morgan fingerprint density at radius 3 is 2.62 bits per heavy atom. The number of carbonyl (C=O) groups is 1. The number of hydrogen-bond donors (Lipinski definition) is 1. The van der Waals surface area contributed by atoms with Crippen LogP contribution in [0.3, 0.4) is 0 Å². The summed E-state index contributed by atoms with van der Waals surface area (Å²) in [5.74, 6) is -0.124. The number of carbonyl (C=O) groups excluding carboxylic acids is 1. The molecule has 0 radical (unpaired) electrons. The standard InChI is InChI=1S/C14H23F3N2O2/c15-14(16,17)6-2-7-18-13(20)12-3-1-8-19(12)11-4-9-21-10-5-11/h11-12H,1-10H2,(H,18,20). The van der Waals surface area contributed by atoms with Gasteiger partial charge in [0.1, 0.15) is 0 Å². The van der Waals surface area contributed by atoms with Crippen molar-refractivity contribution in [1.29, 1.82) is 0 Å². The van der Waals surface area contributed by atoms with Crippen LogP contribution < -0.4 is 5.32 Å². The summed E-state index contributed by atoms with van der Waals surface area (Å²) in [7, 11) is 0. The second-order valence-corrected chi connectivity index (χ2v) is 5.75. The van der Waals surface area contributed by atoms with Crippen LogP contribution in [-0.2, 0) is 9.53 Å². The highest BCUT2D eigenvalue weighted by molar-refractivity contribution is 5.82. The van der Waals surface area contributed by atoms with Crippen molar-refractivity contribution in [3.63, 3.8) is 0 Å². The molecule has 2 saturated heterocycles. The first kappa shape index (κ1) is 16.5.